The molecule has 0 saturated carbocycles. The number of nitrogens with one attached hydrogen (secondary N) is 2. The van der Waals surface area contributed by atoms with Crippen LogP contribution < -0.4 is 15.5 Å². The van der Waals surface area contributed by atoms with Gasteiger partial charge in [0.2, 0.25) is 0 Å². The van der Waals surface area contributed by atoms with Crippen molar-refractivity contribution in [3.05, 3.63) is 54.1 Å². The third kappa shape index (κ3) is 5.12. The lowest BCUT2D eigenvalue weighted by molar-refractivity contribution is 0.122. The Labute approximate surface area is 186 Å². The molecule has 4 heterocycles. The number of ether oxygens (including phenoxy) is 1. The van der Waals surface area contributed by atoms with Crippen molar-refractivity contribution >= 4 is 41.4 Å². The predicted molar refractivity (Wildman–Crippen MR) is 123 cm³/mol. The van der Waals surface area contributed by atoms with Crippen molar-refractivity contribution in [1.82, 2.24) is 30.2 Å². The van der Waals surface area contributed by atoms with E-state index in [9.17, 15) is 0 Å². The molecule has 1 saturated heterocycles. The van der Waals surface area contributed by atoms with Gasteiger partial charge in [0.15, 0.2) is 17.4 Å². The zero-order valence-corrected chi connectivity index (χ0v) is 18.6. The van der Waals surface area contributed by atoms with Crippen LogP contribution in [0.3, 0.4) is 0 Å². The van der Waals surface area contributed by atoms with Crippen LogP contribution in [0, 0.1) is 0 Å². The molecule has 1 fully saturated rings. The fourth-order valence-electron chi connectivity index (χ4n) is 3.20. The van der Waals surface area contributed by atoms with Gasteiger partial charge in [-0.1, -0.05) is 12.1 Å². The number of nitrogens with zero attached hydrogens (tertiary/aromatic N) is 6. The van der Waals surface area contributed by atoms with Gasteiger partial charge in [0.05, 0.1) is 19.8 Å². The Kier molecular flexibility index (Phi) is 7.58. The van der Waals surface area contributed by atoms with Gasteiger partial charge >= 0.3 is 0 Å². The van der Waals surface area contributed by atoms with Crippen molar-refractivity contribution in [3.8, 4) is 0 Å². The van der Waals surface area contributed by atoms with Crippen LogP contribution in [0.4, 0.5) is 5.82 Å². The van der Waals surface area contributed by atoms with Crippen LogP contribution in [-0.4, -0.2) is 58.9 Å². The number of rotatable bonds is 5. The van der Waals surface area contributed by atoms with Crippen LogP contribution in [-0.2, 0) is 17.8 Å². The maximum Gasteiger partial charge on any atom is 0.191 e. The summed E-state index contributed by atoms with van der Waals surface area (Å²) in [5.74, 6) is 2.52. The van der Waals surface area contributed by atoms with E-state index in [1.807, 2.05) is 41.1 Å². The summed E-state index contributed by atoms with van der Waals surface area (Å²) in [7, 11) is 1.75. The quantitative estimate of drug-likeness (QED) is 0.306. The fourth-order valence-corrected chi connectivity index (χ4v) is 3.20. The molecule has 10 heteroatoms. The van der Waals surface area contributed by atoms with Gasteiger partial charge < -0.3 is 20.3 Å². The van der Waals surface area contributed by atoms with E-state index in [1.165, 1.54) is 0 Å². The number of pyridine rings is 2. The van der Waals surface area contributed by atoms with Gasteiger partial charge in [0.1, 0.15) is 5.82 Å². The molecule has 0 spiro atoms. The van der Waals surface area contributed by atoms with Crippen LogP contribution in [0.2, 0.25) is 0 Å². The molecule has 3 aromatic rings. The summed E-state index contributed by atoms with van der Waals surface area (Å²) in [6.07, 6.45) is 3.78. The van der Waals surface area contributed by atoms with Crippen molar-refractivity contribution in [3.63, 3.8) is 0 Å². The standard InChI is InChI=1S/C19H24N8O.HI/c1-20-19(23-14-17-25-24-16-6-2-3-8-27(16)17)22-13-15-5-4-7-21-18(15)26-9-11-28-12-10-26;/h2-8H,9-14H2,1H3,(H2,20,22,23);1H. The van der Waals surface area contributed by atoms with E-state index in [4.69, 9.17) is 4.74 Å². The number of hydrogen-bond acceptors (Lipinski definition) is 6. The minimum Gasteiger partial charge on any atom is -0.378 e. The molecule has 0 atom stereocenters. The summed E-state index contributed by atoms with van der Waals surface area (Å²) in [6, 6.07) is 9.88. The summed E-state index contributed by atoms with van der Waals surface area (Å²) in [4.78, 5) is 11.1. The Balaban J connectivity index is 0.00000240. The van der Waals surface area contributed by atoms with Gasteiger partial charge in [-0.2, -0.15) is 0 Å². The topological polar surface area (TPSA) is 92.0 Å². The highest BCUT2D eigenvalue weighted by Crippen LogP contribution is 2.18. The summed E-state index contributed by atoms with van der Waals surface area (Å²) in [5, 5.41) is 15.1. The number of guanidine groups is 1. The van der Waals surface area contributed by atoms with Crippen molar-refractivity contribution in [2.24, 2.45) is 4.99 Å². The lowest BCUT2D eigenvalue weighted by Gasteiger charge is -2.29. The SMILES string of the molecule is CN=C(NCc1cccnc1N1CCOCC1)NCc1nnc2ccccn12.I. The van der Waals surface area contributed by atoms with E-state index in [1.54, 1.807) is 7.05 Å². The molecule has 29 heavy (non-hydrogen) atoms. The lowest BCUT2D eigenvalue weighted by atomic mass is 10.2. The average Bonchev–Trinajstić information content (AvgIpc) is 3.18. The van der Waals surface area contributed by atoms with Gasteiger partial charge in [0.25, 0.3) is 0 Å². The molecule has 154 valence electrons. The highest BCUT2D eigenvalue weighted by Gasteiger charge is 2.16. The third-order valence-corrected chi connectivity index (χ3v) is 4.65. The number of aliphatic imine (C=N–C) groups is 1. The van der Waals surface area contributed by atoms with Crippen LogP contribution in [0.5, 0.6) is 0 Å². The lowest BCUT2D eigenvalue weighted by Crippen LogP contribution is -2.39. The second kappa shape index (κ2) is 10.3. The molecule has 0 bridgehead atoms. The van der Waals surface area contributed by atoms with Gasteiger partial charge in [-0.25, -0.2) is 4.98 Å². The molecule has 0 aliphatic carbocycles. The first kappa shape index (κ1) is 21.2. The molecule has 9 nitrogen and oxygen atoms in total. The number of aromatic nitrogens is 4. The molecular formula is C19H25IN8O. The highest BCUT2D eigenvalue weighted by molar-refractivity contribution is 14.0. The predicted octanol–water partition coefficient (Wildman–Crippen LogP) is 1.44. The van der Waals surface area contributed by atoms with Crippen LogP contribution >= 0.6 is 24.0 Å². The zero-order valence-electron chi connectivity index (χ0n) is 16.3. The number of halogens is 1. The minimum absolute atomic E-state index is 0. The Bertz CT molecular complexity index is 954. The molecular weight excluding hydrogens is 483 g/mol. The largest absolute Gasteiger partial charge is 0.378 e. The average molecular weight is 508 g/mol. The van der Waals surface area contributed by atoms with Gasteiger partial charge in [-0.15, -0.1) is 34.2 Å². The second-order valence-corrected chi connectivity index (χ2v) is 6.41. The smallest absolute Gasteiger partial charge is 0.191 e. The molecule has 1 aliphatic heterocycles. The summed E-state index contributed by atoms with van der Waals surface area (Å²) < 4.78 is 7.40. The third-order valence-electron chi connectivity index (χ3n) is 4.65. The number of fused-ring (bicyclic) bond motifs is 1. The van der Waals surface area contributed by atoms with E-state index in [0.717, 1.165) is 49.2 Å². The minimum atomic E-state index is 0. The van der Waals surface area contributed by atoms with Crippen molar-refractivity contribution < 1.29 is 4.74 Å². The fraction of sp³-hybridized carbons (Fsp3) is 0.368. The van der Waals surface area contributed by atoms with Crippen molar-refractivity contribution in [2.75, 3.05) is 38.3 Å². The molecule has 0 unspecified atom stereocenters. The molecule has 3 aromatic heterocycles. The summed E-state index contributed by atoms with van der Waals surface area (Å²) >= 11 is 0. The zero-order chi connectivity index (χ0) is 19.2. The van der Waals surface area contributed by atoms with Crippen LogP contribution in [0.15, 0.2) is 47.7 Å². The van der Waals surface area contributed by atoms with Crippen molar-refractivity contribution in [2.45, 2.75) is 13.1 Å². The van der Waals surface area contributed by atoms with Crippen LogP contribution in [0.1, 0.15) is 11.4 Å². The second-order valence-electron chi connectivity index (χ2n) is 6.41. The van der Waals surface area contributed by atoms with E-state index < -0.39 is 0 Å². The summed E-state index contributed by atoms with van der Waals surface area (Å²) in [6.45, 7) is 4.33. The molecule has 0 aromatic carbocycles. The number of hydrogen-bond donors (Lipinski definition) is 2. The Morgan fingerprint density at radius 3 is 2.76 bits per heavy atom. The van der Waals surface area contributed by atoms with Crippen LogP contribution in [0.25, 0.3) is 5.65 Å². The van der Waals surface area contributed by atoms with Gasteiger partial charge in [-0.3, -0.25) is 9.39 Å². The summed E-state index contributed by atoms with van der Waals surface area (Å²) in [5.41, 5.74) is 1.95. The number of anilines is 1. The Hall–Kier alpha value is -2.47. The normalized spacial score (nSPS) is 14.5. The Morgan fingerprint density at radius 2 is 1.93 bits per heavy atom. The van der Waals surface area contributed by atoms with Gasteiger partial charge in [-0.05, 0) is 18.2 Å². The maximum absolute atomic E-state index is 5.45. The van der Waals surface area contributed by atoms with E-state index in [-0.39, 0.29) is 24.0 Å². The molecule has 0 amide bonds. The van der Waals surface area contributed by atoms with E-state index >= 15 is 0 Å². The number of morpholine rings is 1. The van der Waals surface area contributed by atoms with Gasteiger partial charge in [0, 0.05) is 44.6 Å². The molecule has 1 aliphatic rings. The first-order chi connectivity index (χ1) is 13.8. The first-order valence-corrected chi connectivity index (χ1v) is 9.35. The Morgan fingerprint density at radius 1 is 1.10 bits per heavy atom. The monoisotopic (exact) mass is 508 g/mol. The maximum atomic E-state index is 5.45. The first-order valence-electron chi connectivity index (χ1n) is 9.35. The molecule has 0 radical (unpaired) electrons. The molecule has 4 rings (SSSR count). The van der Waals surface area contributed by atoms with E-state index in [2.05, 4.69) is 41.8 Å². The highest BCUT2D eigenvalue weighted by atomic mass is 127. The molecule has 2 N–H and O–H groups in total. The van der Waals surface area contributed by atoms with Crippen molar-refractivity contribution in [1.29, 1.82) is 0 Å². The van der Waals surface area contributed by atoms with E-state index in [0.29, 0.717) is 19.0 Å².